The highest BCUT2D eigenvalue weighted by Crippen LogP contribution is 2.13. The molecule has 0 saturated heterocycles. The predicted octanol–water partition coefficient (Wildman–Crippen LogP) is 0.789. The summed E-state index contributed by atoms with van der Waals surface area (Å²) in [4.78, 5) is 29.8. The molecule has 22 heavy (non-hydrogen) atoms. The van der Waals surface area contributed by atoms with Crippen molar-refractivity contribution >= 4 is 34.0 Å². The number of imidazole rings is 2. The van der Waals surface area contributed by atoms with Crippen LogP contribution >= 0.6 is 0 Å². The fourth-order valence-electron chi connectivity index (χ4n) is 1.91. The predicted molar refractivity (Wildman–Crippen MR) is 82.5 cm³/mol. The van der Waals surface area contributed by atoms with Gasteiger partial charge in [-0.25, -0.2) is 29.9 Å². The highest BCUT2D eigenvalue weighted by Gasteiger charge is 2.02. The van der Waals surface area contributed by atoms with Crippen molar-refractivity contribution in [1.82, 2.24) is 39.9 Å². The van der Waals surface area contributed by atoms with E-state index in [-0.39, 0.29) is 0 Å². The molecule has 4 N–H and O–H groups in total. The highest BCUT2D eigenvalue weighted by molar-refractivity contribution is 5.82. The Bertz CT molecular complexity index is 806. The maximum atomic E-state index is 4.00. The second kappa shape index (κ2) is 5.99. The number of H-pyrrole nitrogens is 2. The molecular formula is C12H14N10. The summed E-state index contributed by atoms with van der Waals surface area (Å²) in [6, 6.07) is 0. The fourth-order valence-corrected chi connectivity index (χ4v) is 1.91. The Hall–Kier alpha value is -3.30. The third-order valence-corrected chi connectivity index (χ3v) is 2.92. The highest BCUT2D eigenvalue weighted by atomic mass is 15.1. The van der Waals surface area contributed by atoms with Crippen molar-refractivity contribution in [3.63, 3.8) is 0 Å². The maximum Gasteiger partial charge on any atom is 0.182 e. The lowest BCUT2D eigenvalue weighted by molar-refractivity contribution is 1.19. The monoisotopic (exact) mass is 298 g/mol. The van der Waals surface area contributed by atoms with Crippen molar-refractivity contribution in [3.05, 3.63) is 25.3 Å². The van der Waals surface area contributed by atoms with E-state index in [0.29, 0.717) is 11.3 Å². The van der Waals surface area contributed by atoms with Gasteiger partial charge in [0.1, 0.15) is 23.7 Å². The summed E-state index contributed by atoms with van der Waals surface area (Å²) in [5.41, 5.74) is 3.05. The van der Waals surface area contributed by atoms with Crippen LogP contribution in [0, 0.1) is 0 Å². The Morgan fingerprint density at radius 2 is 1.14 bits per heavy atom. The average Bonchev–Trinajstić information content (AvgIpc) is 3.23. The van der Waals surface area contributed by atoms with Crippen LogP contribution in [0.5, 0.6) is 0 Å². The number of hydrogen-bond acceptors (Lipinski definition) is 8. The van der Waals surface area contributed by atoms with E-state index in [9.17, 15) is 0 Å². The van der Waals surface area contributed by atoms with Crippen molar-refractivity contribution in [2.45, 2.75) is 0 Å². The van der Waals surface area contributed by atoms with Crippen LogP contribution < -0.4 is 10.6 Å². The molecule has 0 aliphatic rings. The number of aromatic nitrogens is 8. The van der Waals surface area contributed by atoms with Crippen LogP contribution in [-0.2, 0) is 0 Å². The number of anilines is 2. The SMILES string of the molecule is CNc1ncnc2nc[nH]c12.CNc1ncnc2nc[nH]c12. The Morgan fingerprint density at radius 3 is 1.55 bits per heavy atom. The zero-order valence-electron chi connectivity index (χ0n) is 12.0. The maximum absolute atomic E-state index is 4.00. The number of hydrogen-bond donors (Lipinski definition) is 4. The minimum absolute atomic E-state index is 0.685. The molecule has 0 aromatic carbocycles. The molecule has 0 atom stereocenters. The molecule has 4 rings (SSSR count). The van der Waals surface area contributed by atoms with Crippen LogP contribution in [0.2, 0.25) is 0 Å². The number of nitrogens with zero attached hydrogens (tertiary/aromatic N) is 6. The summed E-state index contributed by atoms with van der Waals surface area (Å²) in [5, 5.41) is 5.87. The van der Waals surface area contributed by atoms with Gasteiger partial charge in [-0.05, 0) is 0 Å². The van der Waals surface area contributed by atoms with Gasteiger partial charge in [0.05, 0.1) is 12.7 Å². The van der Waals surface area contributed by atoms with Crippen LogP contribution in [0.4, 0.5) is 11.6 Å². The topological polar surface area (TPSA) is 133 Å². The van der Waals surface area contributed by atoms with Crippen LogP contribution in [0.15, 0.2) is 25.3 Å². The third-order valence-electron chi connectivity index (χ3n) is 2.92. The van der Waals surface area contributed by atoms with Gasteiger partial charge in [-0.15, -0.1) is 0 Å². The van der Waals surface area contributed by atoms with E-state index in [1.807, 2.05) is 14.1 Å². The van der Waals surface area contributed by atoms with Crippen molar-refractivity contribution in [1.29, 1.82) is 0 Å². The smallest absolute Gasteiger partial charge is 0.182 e. The lowest BCUT2D eigenvalue weighted by Crippen LogP contribution is -1.93. The number of aromatic amines is 2. The first kappa shape index (κ1) is 13.7. The molecule has 112 valence electrons. The van der Waals surface area contributed by atoms with E-state index in [0.717, 1.165) is 22.7 Å². The summed E-state index contributed by atoms with van der Waals surface area (Å²) in [7, 11) is 3.62. The molecule has 10 heteroatoms. The quantitative estimate of drug-likeness (QED) is 0.427. The van der Waals surface area contributed by atoms with Crippen molar-refractivity contribution in [2.24, 2.45) is 0 Å². The molecule has 0 radical (unpaired) electrons. The van der Waals surface area contributed by atoms with E-state index in [2.05, 4.69) is 50.5 Å². The standard InChI is InChI=1S/2C6H7N5/c2*1-7-5-4-6(10-2-8-4)11-3-9-5/h2*2-3H,1H3,(H2,7,8,9,10,11). The summed E-state index contributed by atoms with van der Waals surface area (Å²) in [6.45, 7) is 0. The summed E-state index contributed by atoms with van der Waals surface area (Å²) in [5.74, 6) is 1.54. The first-order chi connectivity index (χ1) is 10.8. The van der Waals surface area contributed by atoms with Gasteiger partial charge >= 0.3 is 0 Å². The minimum atomic E-state index is 0.685. The Morgan fingerprint density at radius 1 is 0.682 bits per heavy atom. The summed E-state index contributed by atoms with van der Waals surface area (Å²) in [6.07, 6.45) is 6.16. The molecule has 0 bridgehead atoms. The van der Waals surface area contributed by atoms with E-state index >= 15 is 0 Å². The molecule has 4 aromatic heterocycles. The van der Waals surface area contributed by atoms with Gasteiger partial charge in [-0.2, -0.15) is 0 Å². The number of rotatable bonds is 2. The number of nitrogens with one attached hydrogen (secondary N) is 4. The van der Waals surface area contributed by atoms with Crippen LogP contribution in [-0.4, -0.2) is 54.0 Å². The first-order valence-electron chi connectivity index (χ1n) is 6.47. The van der Waals surface area contributed by atoms with Gasteiger partial charge < -0.3 is 20.6 Å². The van der Waals surface area contributed by atoms with E-state index in [1.54, 1.807) is 12.7 Å². The Kier molecular flexibility index (Phi) is 3.72. The molecular weight excluding hydrogens is 284 g/mol. The van der Waals surface area contributed by atoms with Crippen molar-refractivity contribution < 1.29 is 0 Å². The van der Waals surface area contributed by atoms with Gasteiger partial charge in [0.25, 0.3) is 0 Å². The van der Waals surface area contributed by atoms with Crippen molar-refractivity contribution in [2.75, 3.05) is 24.7 Å². The van der Waals surface area contributed by atoms with Crippen LogP contribution in [0.1, 0.15) is 0 Å². The molecule has 0 spiro atoms. The molecule has 4 aromatic rings. The van der Waals surface area contributed by atoms with E-state index in [4.69, 9.17) is 0 Å². The lowest BCUT2D eigenvalue weighted by Gasteiger charge is -1.96. The molecule has 0 aliphatic heterocycles. The molecule has 0 aliphatic carbocycles. The zero-order valence-corrected chi connectivity index (χ0v) is 12.0. The van der Waals surface area contributed by atoms with Gasteiger partial charge in [0.15, 0.2) is 22.9 Å². The molecule has 4 heterocycles. The molecule has 0 saturated carbocycles. The summed E-state index contributed by atoms with van der Waals surface area (Å²) < 4.78 is 0. The van der Waals surface area contributed by atoms with Gasteiger partial charge in [-0.3, -0.25) is 0 Å². The van der Waals surface area contributed by atoms with Gasteiger partial charge in [0, 0.05) is 14.1 Å². The lowest BCUT2D eigenvalue weighted by atomic mass is 10.5. The van der Waals surface area contributed by atoms with E-state index < -0.39 is 0 Å². The second-order valence-corrected chi connectivity index (χ2v) is 4.15. The zero-order chi connectivity index (χ0) is 15.4. The molecule has 0 unspecified atom stereocenters. The first-order valence-corrected chi connectivity index (χ1v) is 6.47. The molecule has 10 nitrogen and oxygen atoms in total. The van der Waals surface area contributed by atoms with Gasteiger partial charge in [0.2, 0.25) is 0 Å². The van der Waals surface area contributed by atoms with Gasteiger partial charge in [-0.1, -0.05) is 0 Å². The number of fused-ring (bicyclic) bond motifs is 2. The molecule has 0 fully saturated rings. The van der Waals surface area contributed by atoms with E-state index in [1.165, 1.54) is 12.7 Å². The van der Waals surface area contributed by atoms with Crippen LogP contribution in [0.3, 0.4) is 0 Å². The molecule has 0 amide bonds. The largest absolute Gasteiger partial charge is 0.371 e. The average molecular weight is 298 g/mol. The fraction of sp³-hybridized carbons (Fsp3) is 0.167. The Balaban J connectivity index is 0.000000131. The second-order valence-electron chi connectivity index (χ2n) is 4.15. The van der Waals surface area contributed by atoms with Crippen LogP contribution in [0.25, 0.3) is 22.3 Å². The third kappa shape index (κ3) is 2.49. The minimum Gasteiger partial charge on any atom is -0.371 e. The summed E-state index contributed by atoms with van der Waals surface area (Å²) >= 11 is 0. The van der Waals surface area contributed by atoms with Crippen molar-refractivity contribution in [3.8, 4) is 0 Å². The normalized spacial score (nSPS) is 10.3. The Labute approximate surface area is 124 Å².